The van der Waals surface area contributed by atoms with Gasteiger partial charge in [0.2, 0.25) is 0 Å². The molecule has 0 unspecified atom stereocenters. The minimum Gasteiger partial charge on any atom is -0.336 e. The Hall–Kier alpha value is -1.98. The van der Waals surface area contributed by atoms with Crippen molar-refractivity contribution in [2.24, 2.45) is 5.92 Å². The number of hydrogen-bond donors (Lipinski definition) is 0. The van der Waals surface area contributed by atoms with Crippen LogP contribution in [0.2, 0.25) is 0 Å². The van der Waals surface area contributed by atoms with Crippen LogP contribution in [0.5, 0.6) is 0 Å². The highest BCUT2D eigenvalue weighted by molar-refractivity contribution is 5.94. The lowest BCUT2D eigenvalue weighted by Gasteiger charge is -2.36. The first-order chi connectivity index (χ1) is 9.15. The monoisotopic (exact) mass is 259 g/mol. The van der Waals surface area contributed by atoms with E-state index in [-0.39, 0.29) is 5.91 Å². The highest BCUT2D eigenvalue weighted by atomic mass is 16.2. The van der Waals surface area contributed by atoms with Crippen LogP contribution in [0.25, 0.3) is 5.65 Å². The molecule has 0 saturated carbocycles. The number of aromatic nitrogens is 4. The molecule has 19 heavy (non-hydrogen) atoms. The summed E-state index contributed by atoms with van der Waals surface area (Å²) < 4.78 is 1.53. The van der Waals surface area contributed by atoms with Gasteiger partial charge in [-0.25, -0.2) is 0 Å². The van der Waals surface area contributed by atoms with Gasteiger partial charge in [0, 0.05) is 18.8 Å². The van der Waals surface area contributed by atoms with Crippen molar-refractivity contribution in [2.75, 3.05) is 6.54 Å². The molecule has 0 N–H and O–H groups in total. The molecular formula is C13H17N5O. The summed E-state index contributed by atoms with van der Waals surface area (Å²) in [4.78, 5) is 14.5. The van der Waals surface area contributed by atoms with Gasteiger partial charge in [0.05, 0.1) is 5.56 Å². The van der Waals surface area contributed by atoms with E-state index in [0.29, 0.717) is 23.2 Å². The van der Waals surface area contributed by atoms with Crippen molar-refractivity contribution in [1.29, 1.82) is 0 Å². The molecule has 0 aromatic carbocycles. The topological polar surface area (TPSA) is 63.4 Å². The van der Waals surface area contributed by atoms with Crippen LogP contribution < -0.4 is 0 Å². The maximum Gasteiger partial charge on any atom is 0.255 e. The van der Waals surface area contributed by atoms with Crippen molar-refractivity contribution in [3.63, 3.8) is 0 Å². The van der Waals surface area contributed by atoms with Crippen molar-refractivity contribution in [1.82, 2.24) is 24.9 Å². The minimum atomic E-state index is 0.0662. The molecule has 6 nitrogen and oxygen atoms in total. The summed E-state index contributed by atoms with van der Waals surface area (Å²) in [6.45, 7) is 5.13. The number of nitrogens with zero attached hydrogens (tertiary/aromatic N) is 5. The first-order valence-electron chi connectivity index (χ1n) is 6.64. The third-order valence-electron chi connectivity index (χ3n) is 3.82. The second-order valence-electron chi connectivity index (χ2n) is 5.39. The Labute approximate surface area is 111 Å². The Morgan fingerprint density at radius 3 is 3.00 bits per heavy atom. The molecule has 0 aliphatic carbocycles. The first-order valence-corrected chi connectivity index (χ1v) is 6.64. The Morgan fingerprint density at radius 2 is 2.16 bits per heavy atom. The number of carbonyl (C=O) groups excluding carboxylic acids is 1. The van der Waals surface area contributed by atoms with Crippen LogP contribution in [0, 0.1) is 5.92 Å². The van der Waals surface area contributed by atoms with Gasteiger partial charge in [0.1, 0.15) is 0 Å². The molecular weight excluding hydrogens is 242 g/mol. The van der Waals surface area contributed by atoms with E-state index in [4.69, 9.17) is 0 Å². The van der Waals surface area contributed by atoms with Crippen LogP contribution >= 0.6 is 0 Å². The van der Waals surface area contributed by atoms with Crippen LogP contribution in [-0.2, 0) is 0 Å². The highest BCUT2D eigenvalue weighted by Crippen LogP contribution is 2.23. The summed E-state index contributed by atoms with van der Waals surface area (Å²) in [5.74, 6) is 0.633. The summed E-state index contributed by atoms with van der Waals surface area (Å²) in [5, 5.41) is 11.2. The average Bonchev–Trinajstić information content (AvgIpc) is 2.88. The van der Waals surface area contributed by atoms with Gasteiger partial charge in [-0.2, -0.15) is 4.52 Å². The standard InChI is InChI=1S/C13H17N5O/c1-9-3-4-10(2)17(7-9)13(19)11-5-6-12-14-15-16-18(12)8-11/h5-6,8-10H,3-4,7H2,1-2H3/t9-,10-/m0/s1. The predicted molar refractivity (Wildman–Crippen MR) is 69.7 cm³/mol. The van der Waals surface area contributed by atoms with Crippen LogP contribution in [-0.4, -0.2) is 43.4 Å². The smallest absolute Gasteiger partial charge is 0.255 e. The fourth-order valence-corrected chi connectivity index (χ4v) is 2.61. The summed E-state index contributed by atoms with van der Waals surface area (Å²) in [6.07, 6.45) is 3.96. The third-order valence-corrected chi connectivity index (χ3v) is 3.82. The Balaban J connectivity index is 1.89. The molecule has 1 aliphatic heterocycles. The summed E-state index contributed by atoms with van der Waals surface area (Å²) in [6, 6.07) is 3.86. The van der Waals surface area contributed by atoms with Crippen molar-refractivity contribution in [2.45, 2.75) is 32.7 Å². The number of hydrogen-bond acceptors (Lipinski definition) is 4. The summed E-state index contributed by atoms with van der Waals surface area (Å²) in [5.41, 5.74) is 1.29. The summed E-state index contributed by atoms with van der Waals surface area (Å²) in [7, 11) is 0. The molecule has 2 atom stereocenters. The van der Waals surface area contributed by atoms with E-state index < -0.39 is 0 Å². The quantitative estimate of drug-likeness (QED) is 0.776. The second-order valence-corrected chi connectivity index (χ2v) is 5.39. The van der Waals surface area contributed by atoms with Gasteiger partial charge in [0.25, 0.3) is 5.91 Å². The van der Waals surface area contributed by atoms with E-state index >= 15 is 0 Å². The fraction of sp³-hybridized carbons (Fsp3) is 0.538. The lowest BCUT2D eigenvalue weighted by atomic mass is 9.94. The number of carbonyl (C=O) groups is 1. The molecule has 6 heteroatoms. The summed E-state index contributed by atoms with van der Waals surface area (Å²) >= 11 is 0. The van der Waals surface area contributed by atoms with Gasteiger partial charge in [-0.05, 0) is 48.2 Å². The first kappa shape index (κ1) is 12.1. The second kappa shape index (κ2) is 4.60. The average molecular weight is 259 g/mol. The molecule has 1 fully saturated rings. The van der Waals surface area contributed by atoms with Crippen LogP contribution in [0.3, 0.4) is 0 Å². The zero-order valence-corrected chi connectivity index (χ0v) is 11.2. The SMILES string of the molecule is C[C@H]1CC[C@H](C)N(C(=O)c2ccc3nnnn3c2)C1. The lowest BCUT2D eigenvalue weighted by Crippen LogP contribution is -2.45. The predicted octanol–water partition coefficient (Wildman–Crippen LogP) is 1.38. The maximum absolute atomic E-state index is 12.6. The number of tetrazole rings is 1. The number of amides is 1. The Kier molecular flexibility index (Phi) is 2.93. The van der Waals surface area contributed by atoms with E-state index in [2.05, 4.69) is 29.4 Å². The van der Waals surface area contributed by atoms with Gasteiger partial charge >= 0.3 is 0 Å². The fourth-order valence-electron chi connectivity index (χ4n) is 2.61. The Bertz CT molecular complexity index is 608. The number of fused-ring (bicyclic) bond motifs is 1. The number of likely N-dealkylation sites (tertiary alicyclic amines) is 1. The molecule has 0 spiro atoms. The highest BCUT2D eigenvalue weighted by Gasteiger charge is 2.27. The molecule has 0 radical (unpaired) electrons. The van der Waals surface area contributed by atoms with Crippen LogP contribution in [0.4, 0.5) is 0 Å². The van der Waals surface area contributed by atoms with Crippen molar-refractivity contribution >= 4 is 11.6 Å². The molecule has 2 aromatic heterocycles. The van der Waals surface area contributed by atoms with Gasteiger partial charge in [0.15, 0.2) is 5.65 Å². The van der Waals surface area contributed by atoms with Crippen LogP contribution in [0.15, 0.2) is 18.3 Å². The Morgan fingerprint density at radius 1 is 1.32 bits per heavy atom. The zero-order chi connectivity index (χ0) is 13.4. The largest absolute Gasteiger partial charge is 0.336 e. The van der Waals surface area contributed by atoms with Crippen LogP contribution in [0.1, 0.15) is 37.0 Å². The van der Waals surface area contributed by atoms with E-state index in [0.717, 1.165) is 13.0 Å². The number of piperidine rings is 1. The van der Waals surface area contributed by atoms with Crippen molar-refractivity contribution in [3.8, 4) is 0 Å². The normalized spacial score (nSPS) is 23.8. The van der Waals surface area contributed by atoms with E-state index in [1.54, 1.807) is 18.3 Å². The van der Waals surface area contributed by atoms with Gasteiger partial charge < -0.3 is 4.90 Å². The van der Waals surface area contributed by atoms with Gasteiger partial charge in [-0.15, -0.1) is 5.10 Å². The van der Waals surface area contributed by atoms with Gasteiger partial charge in [-0.1, -0.05) is 6.92 Å². The molecule has 1 amide bonds. The minimum absolute atomic E-state index is 0.0662. The molecule has 2 aromatic rings. The third kappa shape index (κ3) is 2.18. The molecule has 1 aliphatic rings. The molecule has 1 saturated heterocycles. The van der Waals surface area contributed by atoms with E-state index in [1.807, 2.05) is 4.90 Å². The lowest BCUT2D eigenvalue weighted by molar-refractivity contribution is 0.0573. The molecule has 3 rings (SSSR count). The zero-order valence-electron chi connectivity index (χ0n) is 11.2. The maximum atomic E-state index is 12.6. The molecule has 3 heterocycles. The van der Waals surface area contributed by atoms with Gasteiger partial charge in [-0.3, -0.25) is 4.79 Å². The number of rotatable bonds is 1. The van der Waals surface area contributed by atoms with E-state index in [1.165, 1.54) is 10.9 Å². The van der Waals surface area contributed by atoms with Crippen molar-refractivity contribution < 1.29 is 4.79 Å². The molecule has 0 bridgehead atoms. The van der Waals surface area contributed by atoms with Crippen molar-refractivity contribution in [3.05, 3.63) is 23.9 Å². The number of pyridine rings is 1. The van der Waals surface area contributed by atoms with E-state index in [9.17, 15) is 4.79 Å². The molecule has 100 valence electrons.